The van der Waals surface area contributed by atoms with E-state index >= 15 is 0 Å². The molecular formula is C7H6O. The van der Waals surface area contributed by atoms with Gasteiger partial charge in [0, 0.05) is 5.56 Å². The molecule has 1 rings (SSSR count). The van der Waals surface area contributed by atoms with Crippen LogP contribution < -0.4 is 0 Å². The van der Waals surface area contributed by atoms with Crippen LogP contribution in [0.15, 0.2) is 12.1 Å². The van der Waals surface area contributed by atoms with E-state index in [1.54, 1.807) is 12.1 Å². The van der Waals surface area contributed by atoms with Crippen LogP contribution in [0.3, 0.4) is 0 Å². The molecule has 1 N–H and O–H groups in total. The third kappa shape index (κ3) is 0.737. The van der Waals surface area contributed by atoms with Crippen LogP contribution in [0.2, 0.25) is 0 Å². The van der Waals surface area contributed by atoms with Gasteiger partial charge in [0.15, 0.2) is 5.75 Å². The highest BCUT2D eigenvalue weighted by atomic mass is 16.3. The van der Waals surface area contributed by atoms with Crippen molar-refractivity contribution in [3.05, 3.63) is 29.8 Å². The average Bonchev–Trinajstić information content (AvgIpc) is 1.77. The van der Waals surface area contributed by atoms with Crippen LogP contribution in [0, 0.1) is 19.1 Å². The zero-order valence-corrected chi connectivity index (χ0v) is 4.60. The first-order valence-corrected chi connectivity index (χ1v) is 2.38. The highest BCUT2D eigenvalue weighted by molar-refractivity contribution is 5.24. The van der Waals surface area contributed by atoms with Gasteiger partial charge in [-0.15, -0.1) is 0 Å². The molecule has 0 saturated heterocycles. The lowest BCUT2D eigenvalue weighted by Crippen LogP contribution is -1.66. The second-order valence-electron chi connectivity index (χ2n) is 1.63. The van der Waals surface area contributed by atoms with Gasteiger partial charge in [-0.05, 0) is 25.1 Å². The second kappa shape index (κ2) is 1.75. The summed E-state index contributed by atoms with van der Waals surface area (Å²) in [5, 5.41) is 8.83. The van der Waals surface area contributed by atoms with Crippen LogP contribution in [-0.4, -0.2) is 5.11 Å². The fraction of sp³-hybridized carbons (Fsp3) is 0.143. The molecule has 0 heterocycles. The molecular weight excluding hydrogens is 100 g/mol. The monoisotopic (exact) mass is 106 g/mol. The number of aromatic hydroxyl groups is 1. The standard InChI is InChI=1S/C7H6O/c1-6-4-2-3-5-7(6)8/h2,4,8H,1H3. The smallest absolute Gasteiger partial charge is 0.170 e. The Bertz CT molecular complexity index is 160. The summed E-state index contributed by atoms with van der Waals surface area (Å²) in [5.74, 6) is 0.188. The van der Waals surface area contributed by atoms with Gasteiger partial charge in [0.1, 0.15) is 0 Å². The molecule has 0 aliphatic rings. The van der Waals surface area contributed by atoms with Gasteiger partial charge in [-0.2, -0.15) is 0 Å². The summed E-state index contributed by atoms with van der Waals surface area (Å²) >= 11 is 0. The molecule has 0 aliphatic carbocycles. The first-order chi connectivity index (χ1) is 3.80. The van der Waals surface area contributed by atoms with Crippen molar-refractivity contribution in [3.63, 3.8) is 0 Å². The van der Waals surface area contributed by atoms with Crippen LogP contribution in [0.1, 0.15) is 5.56 Å². The summed E-state index contributed by atoms with van der Waals surface area (Å²) in [6.45, 7) is 1.82. The van der Waals surface area contributed by atoms with E-state index in [9.17, 15) is 0 Å². The van der Waals surface area contributed by atoms with Crippen molar-refractivity contribution in [2.45, 2.75) is 6.92 Å². The van der Waals surface area contributed by atoms with Gasteiger partial charge in [-0.25, -0.2) is 0 Å². The fourth-order valence-corrected chi connectivity index (χ4v) is 0.454. The number of rotatable bonds is 0. The minimum Gasteiger partial charge on any atom is -0.500 e. The van der Waals surface area contributed by atoms with Crippen molar-refractivity contribution in [3.8, 4) is 5.75 Å². The summed E-state index contributed by atoms with van der Waals surface area (Å²) in [7, 11) is 0. The SMILES string of the molecule is Cc1ccc#cc1O. The van der Waals surface area contributed by atoms with Gasteiger partial charge in [0.2, 0.25) is 0 Å². The van der Waals surface area contributed by atoms with Crippen molar-refractivity contribution in [1.82, 2.24) is 0 Å². The maximum absolute atomic E-state index is 8.83. The minimum atomic E-state index is 0.188. The highest BCUT2D eigenvalue weighted by Gasteiger charge is 1.85. The minimum absolute atomic E-state index is 0.188. The van der Waals surface area contributed by atoms with E-state index in [4.69, 9.17) is 5.11 Å². The molecule has 8 heavy (non-hydrogen) atoms. The van der Waals surface area contributed by atoms with Gasteiger partial charge in [-0.1, -0.05) is 6.07 Å². The molecule has 0 radical (unpaired) electrons. The van der Waals surface area contributed by atoms with Crippen molar-refractivity contribution in [1.29, 1.82) is 0 Å². The lowest BCUT2D eigenvalue weighted by Gasteiger charge is -1.87. The first kappa shape index (κ1) is 4.99. The zero-order chi connectivity index (χ0) is 5.98. The van der Waals surface area contributed by atoms with Gasteiger partial charge in [-0.3, -0.25) is 0 Å². The lowest BCUT2D eigenvalue weighted by molar-refractivity contribution is 0.471. The summed E-state index contributed by atoms with van der Waals surface area (Å²) in [5.41, 5.74) is 0.837. The quantitative estimate of drug-likeness (QED) is 0.528. The summed E-state index contributed by atoms with van der Waals surface area (Å²) in [6.07, 6.45) is 0. The third-order valence-corrected chi connectivity index (χ3v) is 0.981. The van der Waals surface area contributed by atoms with Crippen molar-refractivity contribution in [2.75, 3.05) is 0 Å². The van der Waals surface area contributed by atoms with E-state index in [0.29, 0.717) is 0 Å². The van der Waals surface area contributed by atoms with E-state index < -0.39 is 0 Å². The normalized spacial score (nSPS) is 8.12. The molecule has 0 fully saturated rings. The van der Waals surface area contributed by atoms with Crippen LogP contribution in [0.25, 0.3) is 0 Å². The van der Waals surface area contributed by atoms with Crippen LogP contribution in [-0.2, 0) is 0 Å². The van der Waals surface area contributed by atoms with E-state index in [1.807, 2.05) is 6.92 Å². The molecule has 1 aromatic rings. The maximum atomic E-state index is 8.83. The predicted molar refractivity (Wildman–Crippen MR) is 30.5 cm³/mol. The Hall–Kier alpha value is -1.16. The zero-order valence-electron chi connectivity index (χ0n) is 4.60. The third-order valence-electron chi connectivity index (χ3n) is 0.981. The molecule has 0 spiro atoms. The summed E-state index contributed by atoms with van der Waals surface area (Å²) < 4.78 is 0. The molecule has 1 nitrogen and oxygen atoms in total. The summed E-state index contributed by atoms with van der Waals surface area (Å²) in [4.78, 5) is 0. The largest absolute Gasteiger partial charge is 0.500 e. The van der Waals surface area contributed by atoms with Gasteiger partial charge >= 0.3 is 0 Å². The number of hydrogen-bond acceptors (Lipinski definition) is 1. The number of hydrogen-bond donors (Lipinski definition) is 1. The van der Waals surface area contributed by atoms with Crippen LogP contribution in [0.4, 0.5) is 0 Å². The average molecular weight is 106 g/mol. The molecule has 40 valence electrons. The van der Waals surface area contributed by atoms with Crippen LogP contribution in [0.5, 0.6) is 5.75 Å². The van der Waals surface area contributed by atoms with Gasteiger partial charge < -0.3 is 5.11 Å². The Morgan fingerprint density at radius 2 is 2.38 bits per heavy atom. The molecule has 1 aromatic carbocycles. The van der Waals surface area contributed by atoms with Gasteiger partial charge in [0.05, 0.1) is 0 Å². The molecule has 0 bridgehead atoms. The first-order valence-electron chi connectivity index (χ1n) is 2.38. The second-order valence-corrected chi connectivity index (χ2v) is 1.63. The maximum Gasteiger partial charge on any atom is 0.170 e. The Morgan fingerprint density at radius 1 is 1.62 bits per heavy atom. The van der Waals surface area contributed by atoms with E-state index in [1.165, 1.54) is 0 Å². The van der Waals surface area contributed by atoms with E-state index in [0.717, 1.165) is 5.56 Å². The van der Waals surface area contributed by atoms with E-state index in [2.05, 4.69) is 12.1 Å². The molecule has 0 atom stereocenters. The molecule has 0 saturated carbocycles. The highest BCUT2D eigenvalue weighted by Crippen LogP contribution is 2.08. The summed E-state index contributed by atoms with van der Waals surface area (Å²) in [6, 6.07) is 8.66. The predicted octanol–water partition coefficient (Wildman–Crippen LogP) is 1.30. The molecule has 0 unspecified atom stereocenters. The van der Waals surface area contributed by atoms with Crippen LogP contribution >= 0.6 is 0 Å². The Morgan fingerprint density at radius 3 is 2.75 bits per heavy atom. The molecule has 0 aliphatic heterocycles. The fourth-order valence-electron chi connectivity index (χ4n) is 0.454. The Labute approximate surface area is 48.6 Å². The van der Waals surface area contributed by atoms with E-state index in [-0.39, 0.29) is 5.75 Å². The van der Waals surface area contributed by atoms with Crippen molar-refractivity contribution >= 4 is 0 Å². The van der Waals surface area contributed by atoms with Crippen molar-refractivity contribution < 1.29 is 5.11 Å². The topological polar surface area (TPSA) is 20.2 Å². The van der Waals surface area contributed by atoms with Gasteiger partial charge in [0.25, 0.3) is 0 Å². The molecule has 1 heteroatoms. The van der Waals surface area contributed by atoms with Crippen molar-refractivity contribution in [2.24, 2.45) is 0 Å². The molecule has 0 amide bonds. The Balaban J connectivity index is 3.13. The number of aryl methyl sites for hydroxylation is 1. The Kier molecular flexibility index (Phi) is 1.09. The molecule has 0 aromatic heterocycles. The lowest BCUT2D eigenvalue weighted by atomic mass is 10.3.